The molecule has 98 valence electrons. The van der Waals surface area contributed by atoms with Crippen molar-refractivity contribution in [3.63, 3.8) is 0 Å². The second-order valence-electron chi connectivity index (χ2n) is 3.46. The third-order valence-electron chi connectivity index (χ3n) is 2.26. The van der Waals surface area contributed by atoms with Gasteiger partial charge in [-0.05, 0) is 33.8 Å². The van der Waals surface area contributed by atoms with E-state index >= 15 is 0 Å². The zero-order chi connectivity index (χ0) is 13.1. The van der Waals surface area contributed by atoms with E-state index in [1.807, 2.05) is 17.0 Å². The number of rotatable bonds is 5. The standard InChI is InChI=1S/C10H10BrCl2N3OS/c1-18-3-2-17-5-16-4-6(11)7-8(12)14-10(13)15-9(7)16/h4H,2-3,5H2,1H3. The fourth-order valence-corrected chi connectivity index (χ4v) is 2.96. The van der Waals surface area contributed by atoms with E-state index in [1.165, 1.54) is 0 Å². The van der Waals surface area contributed by atoms with Crippen molar-refractivity contribution in [2.45, 2.75) is 6.73 Å². The number of ether oxygens (including phenoxy) is 1. The summed E-state index contributed by atoms with van der Waals surface area (Å²) < 4.78 is 8.21. The van der Waals surface area contributed by atoms with Gasteiger partial charge in [0.25, 0.3) is 0 Å². The number of halogens is 3. The lowest BCUT2D eigenvalue weighted by Gasteiger charge is -2.05. The average Bonchev–Trinajstić information content (AvgIpc) is 2.61. The van der Waals surface area contributed by atoms with Gasteiger partial charge in [-0.1, -0.05) is 11.6 Å². The van der Waals surface area contributed by atoms with Crippen LogP contribution < -0.4 is 0 Å². The predicted octanol–water partition coefficient (Wildman–Crippen LogP) is 3.84. The molecule has 0 aliphatic heterocycles. The van der Waals surface area contributed by atoms with Crippen LogP contribution in [0.15, 0.2) is 10.7 Å². The van der Waals surface area contributed by atoms with Crippen LogP contribution in [0.4, 0.5) is 0 Å². The van der Waals surface area contributed by atoms with Crippen molar-refractivity contribution in [2.24, 2.45) is 0 Å². The number of aromatic nitrogens is 3. The lowest BCUT2D eigenvalue weighted by Crippen LogP contribution is -2.04. The van der Waals surface area contributed by atoms with Crippen molar-refractivity contribution in [1.29, 1.82) is 0 Å². The Labute approximate surface area is 127 Å². The predicted molar refractivity (Wildman–Crippen MR) is 79.6 cm³/mol. The first-order valence-corrected chi connectivity index (χ1v) is 8.02. The lowest BCUT2D eigenvalue weighted by atomic mass is 10.4. The largest absolute Gasteiger partial charge is 0.360 e. The van der Waals surface area contributed by atoms with Gasteiger partial charge in [0, 0.05) is 16.4 Å². The summed E-state index contributed by atoms with van der Waals surface area (Å²) in [5, 5.41) is 1.21. The van der Waals surface area contributed by atoms with Gasteiger partial charge in [0.05, 0.1) is 12.0 Å². The topological polar surface area (TPSA) is 39.9 Å². The van der Waals surface area contributed by atoms with Crippen LogP contribution in [0.3, 0.4) is 0 Å². The molecule has 0 aromatic carbocycles. The van der Waals surface area contributed by atoms with Gasteiger partial charge in [-0.15, -0.1) is 0 Å². The van der Waals surface area contributed by atoms with Crippen LogP contribution in [0.25, 0.3) is 11.0 Å². The molecule has 2 heterocycles. The van der Waals surface area contributed by atoms with Crippen molar-refractivity contribution < 1.29 is 4.74 Å². The van der Waals surface area contributed by atoms with E-state index in [2.05, 4.69) is 25.9 Å². The van der Waals surface area contributed by atoms with E-state index in [0.717, 1.165) is 15.6 Å². The average molecular weight is 371 g/mol. The number of thioether (sulfide) groups is 1. The Kier molecular flexibility index (Phi) is 5.14. The minimum absolute atomic E-state index is 0.128. The normalized spacial score (nSPS) is 11.3. The van der Waals surface area contributed by atoms with Crippen molar-refractivity contribution in [3.8, 4) is 0 Å². The molecule has 2 rings (SSSR count). The molecule has 0 amide bonds. The Morgan fingerprint density at radius 3 is 2.94 bits per heavy atom. The molecule has 0 bridgehead atoms. The van der Waals surface area contributed by atoms with Crippen LogP contribution >= 0.6 is 50.9 Å². The molecular weight excluding hydrogens is 361 g/mol. The number of hydrogen-bond donors (Lipinski definition) is 0. The van der Waals surface area contributed by atoms with Crippen molar-refractivity contribution in [1.82, 2.24) is 14.5 Å². The Morgan fingerprint density at radius 2 is 2.22 bits per heavy atom. The Morgan fingerprint density at radius 1 is 1.44 bits per heavy atom. The van der Waals surface area contributed by atoms with Gasteiger partial charge in [0.2, 0.25) is 5.28 Å². The third-order valence-corrected chi connectivity index (χ3v) is 3.88. The highest BCUT2D eigenvalue weighted by Crippen LogP contribution is 2.31. The van der Waals surface area contributed by atoms with Crippen molar-refractivity contribution in [3.05, 3.63) is 21.1 Å². The van der Waals surface area contributed by atoms with Gasteiger partial charge in [-0.25, -0.2) is 4.98 Å². The zero-order valence-corrected chi connectivity index (χ0v) is 13.4. The summed E-state index contributed by atoms with van der Waals surface area (Å²) in [6, 6.07) is 0. The maximum Gasteiger partial charge on any atom is 0.225 e. The van der Waals surface area contributed by atoms with E-state index < -0.39 is 0 Å². The molecule has 0 radical (unpaired) electrons. The van der Waals surface area contributed by atoms with Crippen LogP contribution in [-0.4, -0.2) is 33.2 Å². The van der Waals surface area contributed by atoms with E-state index in [-0.39, 0.29) is 5.28 Å². The van der Waals surface area contributed by atoms with Crippen LogP contribution in [0, 0.1) is 0 Å². The van der Waals surface area contributed by atoms with Crippen LogP contribution in [0.1, 0.15) is 0 Å². The summed E-state index contributed by atoms with van der Waals surface area (Å²) in [4.78, 5) is 8.09. The molecule has 0 saturated heterocycles. The molecule has 0 spiro atoms. The van der Waals surface area contributed by atoms with Crippen molar-refractivity contribution >= 4 is 61.9 Å². The molecule has 2 aromatic heterocycles. The molecule has 2 aromatic rings. The molecule has 4 nitrogen and oxygen atoms in total. The van der Waals surface area contributed by atoms with E-state index in [9.17, 15) is 0 Å². The summed E-state index contributed by atoms with van der Waals surface area (Å²) in [5.41, 5.74) is 0.663. The smallest absolute Gasteiger partial charge is 0.225 e. The van der Waals surface area contributed by atoms with Gasteiger partial charge in [0.1, 0.15) is 17.5 Å². The van der Waals surface area contributed by atoms with E-state index in [1.54, 1.807) is 11.8 Å². The highest BCUT2D eigenvalue weighted by Gasteiger charge is 2.13. The maximum absolute atomic E-state index is 6.04. The first-order chi connectivity index (χ1) is 8.63. The fourth-order valence-electron chi connectivity index (χ4n) is 1.48. The van der Waals surface area contributed by atoms with E-state index in [0.29, 0.717) is 24.1 Å². The number of fused-ring (bicyclic) bond motifs is 1. The van der Waals surface area contributed by atoms with Gasteiger partial charge in [0.15, 0.2) is 0 Å². The molecule has 0 N–H and O–H groups in total. The Balaban J connectivity index is 2.28. The second-order valence-corrected chi connectivity index (χ2v) is 6.00. The van der Waals surface area contributed by atoms with Crippen LogP contribution in [0.2, 0.25) is 10.4 Å². The molecule has 0 aliphatic carbocycles. The summed E-state index contributed by atoms with van der Waals surface area (Å²) in [6.45, 7) is 1.09. The minimum Gasteiger partial charge on any atom is -0.360 e. The summed E-state index contributed by atoms with van der Waals surface area (Å²) >= 11 is 17.0. The second kappa shape index (κ2) is 6.43. The third kappa shape index (κ3) is 3.11. The van der Waals surface area contributed by atoms with Gasteiger partial charge < -0.3 is 9.30 Å². The Hall–Kier alpha value is -0.0100. The van der Waals surface area contributed by atoms with Gasteiger partial charge in [-0.2, -0.15) is 16.7 Å². The first-order valence-electron chi connectivity index (χ1n) is 5.07. The van der Waals surface area contributed by atoms with Crippen LogP contribution in [-0.2, 0) is 11.5 Å². The van der Waals surface area contributed by atoms with Gasteiger partial charge in [-0.3, -0.25) is 0 Å². The molecule has 0 fully saturated rings. The highest BCUT2D eigenvalue weighted by molar-refractivity contribution is 9.10. The fraction of sp³-hybridized carbons (Fsp3) is 0.400. The number of nitrogens with zero attached hydrogens (tertiary/aromatic N) is 3. The quantitative estimate of drug-likeness (QED) is 0.455. The molecule has 18 heavy (non-hydrogen) atoms. The molecule has 0 unspecified atom stereocenters. The highest BCUT2D eigenvalue weighted by atomic mass is 79.9. The van der Waals surface area contributed by atoms with Gasteiger partial charge >= 0.3 is 0 Å². The van der Waals surface area contributed by atoms with E-state index in [4.69, 9.17) is 27.9 Å². The molecule has 0 atom stereocenters. The lowest BCUT2D eigenvalue weighted by molar-refractivity contribution is 0.0926. The zero-order valence-electron chi connectivity index (χ0n) is 9.49. The monoisotopic (exact) mass is 369 g/mol. The minimum atomic E-state index is 0.128. The molecule has 0 aliphatic rings. The first kappa shape index (κ1) is 14.4. The summed E-state index contributed by atoms with van der Waals surface area (Å²) in [6.07, 6.45) is 3.90. The number of hydrogen-bond acceptors (Lipinski definition) is 4. The summed E-state index contributed by atoms with van der Waals surface area (Å²) in [7, 11) is 0. The van der Waals surface area contributed by atoms with Crippen molar-refractivity contribution in [2.75, 3.05) is 18.6 Å². The molecular formula is C10H10BrCl2N3OS. The summed E-state index contributed by atoms with van der Waals surface area (Å²) in [5.74, 6) is 0.955. The SMILES string of the molecule is CSCCOCn1cc(Br)c2c(Cl)nc(Cl)nc21. The molecule has 0 saturated carbocycles. The molecule has 8 heteroatoms. The van der Waals surface area contributed by atoms with Crippen LogP contribution in [0.5, 0.6) is 0 Å². The maximum atomic E-state index is 6.04. The Bertz CT molecular complexity index is 564.